The van der Waals surface area contributed by atoms with E-state index in [1.54, 1.807) is 11.8 Å². The van der Waals surface area contributed by atoms with Crippen molar-refractivity contribution >= 4 is 11.8 Å². The third-order valence-electron chi connectivity index (χ3n) is 1.73. The van der Waals surface area contributed by atoms with E-state index in [1.165, 1.54) is 0 Å². The molecule has 0 unspecified atom stereocenters. The van der Waals surface area contributed by atoms with E-state index in [1.807, 2.05) is 12.5 Å². The van der Waals surface area contributed by atoms with Gasteiger partial charge in [-0.15, -0.1) is 0 Å². The summed E-state index contributed by atoms with van der Waals surface area (Å²) in [7, 11) is 0. The van der Waals surface area contributed by atoms with Crippen LogP contribution in [-0.2, 0) is 0 Å². The van der Waals surface area contributed by atoms with Crippen molar-refractivity contribution in [1.82, 2.24) is 10.6 Å². The van der Waals surface area contributed by atoms with Gasteiger partial charge in [0.2, 0.25) is 0 Å². The highest BCUT2D eigenvalue weighted by Gasteiger charge is 2.29. The van der Waals surface area contributed by atoms with Crippen LogP contribution in [0.3, 0.4) is 0 Å². The highest BCUT2D eigenvalue weighted by molar-refractivity contribution is 7.97. The molecule has 0 aliphatic carbocycles. The monoisotopic (exact) mass is 191 g/mol. The zero-order valence-corrected chi connectivity index (χ0v) is 9.13. The molecule has 0 spiro atoms. The zero-order chi connectivity index (χ0) is 9.45. The maximum atomic E-state index is 5.33. The Balaban J connectivity index is 0.000000354. The van der Waals surface area contributed by atoms with Gasteiger partial charge >= 0.3 is 0 Å². The molecule has 1 saturated heterocycles. The molecule has 0 saturated carbocycles. The normalized spacial score (nSPS) is 19.0. The van der Waals surface area contributed by atoms with E-state index in [0.717, 1.165) is 26.2 Å². The van der Waals surface area contributed by atoms with Crippen LogP contribution >= 0.6 is 11.8 Å². The minimum absolute atomic E-state index is 0.333. The third-order valence-corrected chi connectivity index (χ3v) is 1.73. The predicted octanol–water partition coefficient (Wildman–Crippen LogP) is -0.124. The van der Waals surface area contributed by atoms with Crippen LogP contribution in [0.2, 0.25) is 0 Å². The van der Waals surface area contributed by atoms with Gasteiger partial charge in [0.05, 0.1) is 0 Å². The molecular weight excluding hydrogens is 170 g/mol. The molecule has 0 amide bonds. The molecule has 0 radical (unpaired) electrons. The molecular formula is C8H21N3S. The van der Waals surface area contributed by atoms with Gasteiger partial charge in [0.15, 0.2) is 0 Å². The molecule has 1 aliphatic rings. The van der Waals surface area contributed by atoms with Crippen LogP contribution in [0.25, 0.3) is 0 Å². The van der Waals surface area contributed by atoms with Gasteiger partial charge in [-0.3, -0.25) is 0 Å². The third kappa shape index (κ3) is 4.98. The summed E-state index contributed by atoms with van der Waals surface area (Å²) in [6, 6.07) is 0. The quantitative estimate of drug-likeness (QED) is 0.582. The van der Waals surface area contributed by atoms with Crippen LogP contribution in [0.1, 0.15) is 6.92 Å². The second kappa shape index (κ2) is 6.71. The van der Waals surface area contributed by atoms with Crippen molar-refractivity contribution in [3.05, 3.63) is 0 Å². The number of thioether (sulfide) groups is 1. The molecule has 1 heterocycles. The van der Waals surface area contributed by atoms with E-state index in [2.05, 4.69) is 17.6 Å². The summed E-state index contributed by atoms with van der Waals surface area (Å²) in [5.74, 6) is 0. The van der Waals surface area contributed by atoms with E-state index < -0.39 is 0 Å². The molecule has 1 fully saturated rings. The van der Waals surface area contributed by atoms with Gasteiger partial charge in [-0.05, 0) is 19.4 Å². The molecule has 0 atom stereocenters. The molecule has 3 nitrogen and oxygen atoms in total. The van der Waals surface area contributed by atoms with Crippen molar-refractivity contribution in [2.45, 2.75) is 12.5 Å². The zero-order valence-electron chi connectivity index (χ0n) is 8.31. The number of hydrogen-bond donors (Lipinski definition) is 3. The average molecular weight is 191 g/mol. The summed E-state index contributed by atoms with van der Waals surface area (Å²) >= 11 is 1.75. The van der Waals surface area contributed by atoms with Crippen LogP contribution in [0.5, 0.6) is 0 Å². The van der Waals surface area contributed by atoms with E-state index in [4.69, 9.17) is 5.73 Å². The lowest BCUT2D eigenvalue weighted by Crippen LogP contribution is -2.66. The summed E-state index contributed by atoms with van der Waals surface area (Å²) in [6.07, 6.45) is 4.08. The summed E-state index contributed by atoms with van der Waals surface area (Å²) < 4.78 is 0. The molecule has 12 heavy (non-hydrogen) atoms. The van der Waals surface area contributed by atoms with E-state index in [0.29, 0.717) is 5.54 Å². The van der Waals surface area contributed by atoms with Crippen molar-refractivity contribution in [3.63, 3.8) is 0 Å². The SMILES string of the molecule is CC1(NCCN)CNC1.CSC. The Morgan fingerprint density at radius 1 is 1.50 bits per heavy atom. The number of hydrogen-bond acceptors (Lipinski definition) is 4. The Morgan fingerprint density at radius 3 is 2.25 bits per heavy atom. The topological polar surface area (TPSA) is 50.1 Å². The molecule has 4 heteroatoms. The fraction of sp³-hybridized carbons (Fsp3) is 1.00. The number of rotatable bonds is 3. The lowest BCUT2D eigenvalue weighted by atomic mass is 9.95. The molecule has 1 rings (SSSR count). The van der Waals surface area contributed by atoms with Crippen molar-refractivity contribution in [2.75, 3.05) is 38.7 Å². The van der Waals surface area contributed by atoms with Crippen molar-refractivity contribution in [2.24, 2.45) is 5.73 Å². The smallest absolute Gasteiger partial charge is 0.0404 e. The Hall–Kier alpha value is 0.230. The molecule has 74 valence electrons. The minimum Gasteiger partial charge on any atom is -0.329 e. The van der Waals surface area contributed by atoms with Gasteiger partial charge in [-0.2, -0.15) is 11.8 Å². The first kappa shape index (κ1) is 12.2. The maximum Gasteiger partial charge on any atom is 0.0404 e. The first-order chi connectivity index (χ1) is 5.68. The van der Waals surface area contributed by atoms with Gasteiger partial charge in [-0.1, -0.05) is 0 Å². The van der Waals surface area contributed by atoms with Crippen LogP contribution in [-0.4, -0.2) is 44.2 Å². The Kier molecular flexibility index (Phi) is 6.84. The second-order valence-electron chi connectivity index (χ2n) is 3.29. The van der Waals surface area contributed by atoms with Gasteiger partial charge in [0, 0.05) is 31.7 Å². The standard InChI is InChI=1S/C6H15N3.C2H6S/c1-6(4-8-5-6)9-3-2-7;1-3-2/h8-9H,2-5,7H2,1H3;1-2H3. The Morgan fingerprint density at radius 2 is 2.00 bits per heavy atom. The van der Waals surface area contributed by atoms with Crippen LogP contribution in [0.15, 0.2) is 0 Å². The Bertz CT molecular complexity index is 104. The van der Waals surface area contributed by atoms with Crippen molar-refractivity contribution in [3.8, 4) is 0 Å². The number of nitrogens with one attached hydrogen (secondary N) is 2. The molecule has 0 bridgehead atoms. The van der Waals surface area contributed by atoms with E-state index in [-0.39, 0.29) is 0 Å². The summed E-state index contributed by atoms with van der Waals surface area (Å²) in [6.45, 7) is 6.02. The van der Waals surface area contributed by atoms with Crippen LogP contribution < -0.4 is 16.4 Å². The largest absolute Gasteiger partial charge is 0.329 e. The molecule has 1 aliphatic heterocycles. The van der Waals surface area contributed by atoms with Gasteiger partial charge in [-0.25, -0.2) is 0 Å². The van der Waals surface area contributed by atoms with Crippen molar-refractivity contribution < 1.29 is 0 Å². The van der Waals surface area contributed by atoms with Crippen LogP contribution in [0, 0.1) is 0 Å². The molecule has 0 aromatic rings. The highest BCUT2D eigenvalue weighted by Crippen LogP contribution is 2.07. The average Bonchev–Trinajstić information content (AvgIpc) is 1.99. The van der Waals surface area contributed by atoms with Gasteiger partial charge < -0.3 is 16.4 Å². The highest BCUT2D eigenvalue weighted by atomic mass is 32.2. The Labute approximate surface area is 79.9 Å². The van der Waals surface area contributed by atoms with Crippen LogP contribution in [0.4, 0.5) is 0 Å². The number of nitrogens with two attached hydrogens (primary N) is 1. The first-order valence-corrected chi connectivity index (χ1v) is 5.88. The van der Waals surface area contributed by atoms with Crippen molar-refractivity contribution in [1.29, 1.82) is 0 Å². The summed E-state index contributed by atoms with van der Waals surface area (Å²) in [5.41, 5.74) is 5.66. The molecule has 4 N–H and O–H groups in total. The molecule has 0 aromatic carbocycles. The van der Waals surface area contributed by atoms with Gasteiger partial charge in [0.25, 0.3) is 0 Å². The lowest BCUT2D eigenvalue weighted by molar-refractivity contribution is 0.242. The predicted molar refractivity (Wildman–Crippen MR) is 57.8 cm³/mol. The minimum atomic E-state index is 0.333. The molecule has 0 aromatic heterocycles. The van der Waals surface area contributed by atoms with E-state index in [9.17, 15) is 0 Å². The first-order valence-electron chi connectivity index (χ1n) is 4.24. The summed E-state index contributed by atoms with van der Waals surface area (Å²) in [5, 5.41) is 6.56. The summed E-state index contributed by atoms with van der Waals surface area (Å²) in [4.78, 5) is 0. The lowest BCUT2D eigenvalue weighted by Gasteiger charge is -2.40. The second-order valence-corrected chi connectivity index (χ2v) is 4.10. The van der Waals surface area contributed by atoms with E-state index >= 15 is 0 Å². The maximum absolute atomic E-state index is 5.33. The fourth-order valence-corrected chi connectivity index (χ4v) is 0.999. The van der Waals surface area contributed by atoms with Gasteiger partial charge in [0.1, 0.15) is 0 Å². The fourth-order valence-electron chi connectivity index (χ4n) is 0.999.